The molecule has 2 atom stereocenters. The summed E-state index contributed by atoms with van der Waals surface area (Å²) in [6.07, 6.45) is -21.9. The van der Waals surface area contributed by atoms with Crippen LogP contribution < -0.4 is 0 Å². The minimum Gasteiger partial charge on any atom is -0.394 e. The third-order valence-corrected chi connectivity index (χ3v) is 4.61. The van der Waals surface area contributed by atoms with Gasteiger partial charge in [0, 0.05) is 12.1 Å². The van der Waals surface area contributed by atoms with Crippen LogP contribution in [-0.2, 0) is 4.74 Å². The molecule has 2 rings (SSSR count). The second kappa shape index (κ2) is 5.63. The molecule has 2 heterocycles. The summed E-state index contributed by atoms with van der Waals surface area (Å²) in [5.74, 6) is 0. The van der Waals surface area contributed by atoms with Crippen LogP contribution in [0.4, 0.5) is 39.5 Å². The molecule has 0 bridgehead atoms. The lowest BCUT2D eigenvalue weighted by Gasteiger charge is -2.39. The van der Waals surface area contributed by atoms with Gasteiger partial charge in [0.2, 0.25) is 0 Å². The average Bonchev–Trinajstić information content (AvgIpc) is 2.87. The Morgan fingerprint density at radius 1 is 0.958 bits per heavy atom. The van der Waals surface area contributed by atoms with Crippen LogP contribution in [0.25, 0.3) is 0 Å². The van der Waals surface area contributed by atoms with E-state index < -0.39 is 55.3 Å². The topological polar surface area (TPSA) is 32.7 Å². The number of fused-ring (bicyclic) bond motifs is 1. The highest BCUT2D eigenvalue weighted by Crippen LogP contribution is 2.56. The Bertz CT molecular complexity index is 437. The maximum absolute atomic E-state index is 12.9. The Labute approximate surface area is 130 Å². The minimum absolute atomic E-state index is 0.261. The van der Waals surface area contributed by atoms with E-state index in [2.05, 4.69) is 4.74 Å². The fourth-order valence-electron chi connectivity index (χ4n) is 3.50. The predicted molar refractivity (Wildman–Crippen MR) is 61.0 cm³/mol. The molecule has 0 radical (unpaired) electrons. The Morgan fingerprint density at radius 3 is 1.83 bits per heavy atom. The molecule has 2 fully saturated rings. The van der Waals surface area contributed by atoms with Crippen molar-refractivity contribution < 1.29 is 49.4 Å². The van der Waals surface area contributed by atoms with Gasteiger partial charge in [-0.25, -0.2) is 0 Å². The van der Waals surface area contributed by atoms with Gasteiger partial charge in [0.25, 0.3) is 0 Å². The van der Waals surface area contributed by atoms with Gasteiger partial charge in [-0.3, -0.25) is 4.90 Å². The van der Waals surface area contributed by atoms with E-state index in [-0.39, 0.29) is 13.0 Å². The summed E-state index contributed by atoms with van der Waals surface area (Å²) < 4.78 is 119. The molecule has 0 aliphatic carbocycles. The summed E-state index contributed by atoms with van der Waals surface area (Å²) in [6, 6.07) is 0. The molecule has 142 valence electrons. The lowest BCUT2D eigenvalue weighted by molar-refractivity contribution is -0.463. The molecule has 1 unspecified atom stereocenters. The molecular weight excluding hydrogens is 361 g/mol. The number of halogens is 9. The van der Waals surface area contributed by atoms with Gasteiger partial charge in [-0.1, -0.05) is 0 Å². The smallest absolute Gasteiger partial charge is 0.394 e. The van der Waals surface area contributed by atoms with Crippen molar-refractivity contribution in [2.24, 2.45) is 0 Å². The Morgan fingerprint density at radius 2 is 1.46 bits per heavy atom. The molecule has 2 aliphatic rings. The van der Waals surface area contributed by atoms with Gasteiger partial charge in [0.05, 0.1) is 12.7 Å². The SMILES string of the molecule is OCC12CCCN1C[C@@H](OC(C(F)(F)F)(C(F)(F)F)C(F)(F)F)C2. The number of aliphatic hydroxyl groups is 1. The van der Waals surface area contributed by atoms with Crippen LogP contribution in [-0.4, -0.2) is 65.5 Å². The summed E-state index contributed by atoms with van der Waals surface area (Å²) in [6.45, 7) is -0.855. The fraction of sp³-hybridized carbons (Fsp3) is 1.00. The van der Waals surface area contributed by atoms with Crippen LogP contribution in [0, 0.1) is 0 Å². The van der Waals surface area contributed by atoms with Gasteiger partial charge in [-0.2, -0.15) is 39.5 Å². The summed E-state index contributed by atoms with van der Waals surface area (Å²) in [5.41, 5.74) is -7.38. The van der Waals surface area contributed by atoms with Gasteiger partial charge in [-0.15, -0.1) is 0 Å². The monoisotopic (exact) mass is 375 g/mol. The zero-order valence-electron chi connectivity index (χ0n) is 12.0. The number of aliphatic hydroxyl groups excluding tert-OH is 1. The van der Waals surface area contributed by atoms with Gasteiger partial charge in [-0.05, 0) is 25.8 Å². The molecule has 12 heteroatoms. The van der Waals surface area contributed by atoms with E-state index in [1.165, 1.54) is 4.90 Å². The highest BCUT2D eigenvalue weighted by Gasteiger charge is 2.86. The van der Waals surface area contributed by atoms with Crippen molar-refractivity contribution in [2.45, 2.75) is 55.0 Å². The van der Waals surface area contributed by atoms with E-state index in [1.54, 1.807) is 0 Å². The summed E-state index contributed by atoms with van der Waals surface area (Å²) >= 11 is 0. The maximum Gasteiger partial charge on any atom is 0.435 e. The molecule has 2 aliphatic heterocycles. The first kappa shape index (κ1) is 19.6. The lowest BCUT2D eigenvalue weighted by Crippen LogP contribution is -2.68. The van der Waals surface area contributed by atoms with Gasteiger partial charge in [0.1, 0.15) is 0 Å². The number of ether oxygens (including phenoxy) is 1. The van der Waals surface area contributed by atoms with Gasteiger partial charge < -0.3 is 9.84 Å². The second-order valence-electron chi connectivity index (χ2n) is 6.05. The molecule has 3 nitrogen and oxygen atoms in total. The molecule has 0 aromatic carbocycles. The van der Waals surface area contributed by atoms with Crippen LogP contribution in [0.2, 0.25) is 0 Å². The van der Waals surface area contributed by atoms with Crippen LogP contribution in [0.5, 0.6) is 0 Å². The largest absolute Gasteiger partial charge is 0.435 e. The second-order valence-corrected chi connectivity index (χ2v) is 6.05. The first-order chi connectivity index (χ1) is 10.7. The van der Waals surface area contributed by atoms with Crippen molar-refractivity contribution in [3.8, 4) is 0 Å². The van der Waals surface area contributed by atoms with Crippen LogP contribution in [0.3, 0.4) is 0 Å². The first-order valence-corrected chi connectivity index (χ1v) is 6.94. The molecule has 24 heavy (non-hydrogen) atoms. The zero-order valence-corrected chi connectivity index (χ0v) is 12.0. The predicted octanol–water partition coefficient (Wildman–Crippen LogP) is 3.03. The maximum atomic E-state index is 12.9. The van der Waals surface area contributed by atoms with Crippen molar-refractivity contribution in [1.29, 1.82) is 0 Å². The Hall–Kier alpha value is -0.750. The highest BCUT2D eigenvalue weighted by atomic mass is 19.4. The average molecular weight is 375 g/mol. The van der Waals surface area contributed by atoms with Crippen LogP contribution in [0.1, 0.15) is 19.3 Å². The van der Waals surface area contributed by atoms with E-state index in [0.717, 1.165) is 0 Å². The van der Waals surface area contributed by atoms with Crippen molar-refractivity contribution >= 4 is 0 Å². The van der Waals surface area contributed by atoms with E-state index in [0.29, 0.717) is 6.42 Å². The minimum atomic E-state index is -6.73. The number of hydrogen-bond donors (Lipinski definition) is 1. The lowest BCUT2D eigenvalue weighted by atomic mass is 9.93. The quantitative estimate of drug-likeness (QED) is 0.770. The van der Waals surface area contributed by atoms with E-state index in [4.69, 9.17) is 0 Å². The number of rotatable bonds is 3. The standard InChI is InChI=1S/C12H14F9NO2/c13-10(14,15)9(11(16,17)18,12(19,20)21)24-7-4-8(6-23)2-1-3-22(8)5-7/h7,23H,1-6H2/t7-,8?/m0/s1. The number of alkyl halides is 9. The van der Waals surface area contributed by atoms with Crippen molar-refractivity contribution in [1.82, 2.24) is 4.90 Å². The molecule has 0 amide bonds. The van der Waals surface area contributed by atoms with Crippen LogP contribution >= 0.6 is 0 Å². The van der Waals surface area contributed by atoms with Gasteiger partial charge in [0.15, 0.2) is 0 Å². The summed E-state index contributed by atoms with van der Waals surface area (Å²) in [5, 5.41) is 9.36. The van der Waals surface area contributed by atoms with E-state index in [9.17, 15) is 44.6 Å². The normalized spacial score (nSPS) is 30.0. The zero-order chi connectivity index (χ0) is 18.6. The molecule has 0 aromatic rings. The molecular formula is C12H14F9NO2. The van der Waals surface area contributed by atoms with Crippen molar-refractivity contribution in [3.05, 3.63) is 0 Å². The molecule has 0 spiro atoms. The van der Waals surface area contributed by atoms with Crippen LogP contribution in [0.15, 0.2) is 0 Å². The molecule has 1 N–H and O–H groups in total. The summed E-state index contributed by atoms with van der Waals surface area (Å²) in [4.78, 5) is 1.38. The highest BCUT2D eigenvalue weighted by molar-refractivity contribution is 5.08. The van der Waals surface area contributed by atoms with E-state index >= 15 is 0 Å². The Kier molecular flexibility index (Phi) is 4.59. The van der Waals surface area contributed by atoms with Gasteiger partial charge >= 0.3 is 24.1 Å². The third-order valence-electron chi connectivity index (χ3n) is 4.61. The van der Waals surface area contributed by atoms with E-state index in [1.807, 2.05) is 0 Å². The molecule has 0 aromatic heterocycles. The van der Waals surface area contributed by atoms with Crippen molar-refractivity contribution in [2.75, 3.05) is 19.7 Å². The third kappa shape index (κ3) is 2.75. The first-order valence-electron chi connectivity index (χ1n) is 6.94. The fourth-order valence-corrected chi connectivity index (χ4v) is 3.50. The molecule has 0 saturated carbocycles. The number of hydrogen-bond acceptors (Lipinski definition) is 3. The molecule has 2 saturated heterocycles. The number of nitrogens with zero attached hydrogens (tertiary/aromatic N) is 1. The van der Waals surface area contributed by atoms with Crippen molar-refractivity contribution in [3.63, 3.8) is 0 Å². The summed E-state index contributed by atoms with van der Waals surface area (Å²) in [7, 11) is 0. The Balaban J connectivity index is 2.38.